The molecule has 0 aromatic rings. The molecular formula is C33H52O8. The van der Waals surface area contributed by atoms with E-state index in [1.807, 2.05) is 27.7 Å². The Hall–Kier alpha value is -0.870. The van der Waals surface area contributed by atoms with Gasteiger partial charge in [-0.2, -0.15) is 0 Å². The molecule has 6 aliphatic rings. The van der Waals surface area contributed by atoms with Gasteiger partial charge in [0, 0.05) is 42.1 Å². The van der Waals surface area contributed by atoms with Crippen molar-refractivity contribution < 1.29 is 40.2 Å². The Morgan fingerprint density at radius 1 is 1.05 bits per heavy atom. The van der Waals surface area contributed by atoms with E-state index in [4.69, 9.17) is 4.74 Å². The van der Waals surface area contributed by atoms with Crippen LogP contribution in [0.25, 0.3) is 0 Å². The fourth-order valence-electron chi connectivity index (χ4n) is 11.6. The predicted molar refractivity (Wildman–Crippen MR) is 151 cm³/mol. The van der Waals surface area contributed by atoms with Crippen LogP contribution in [-0.4, -0.2) is 84.8 Å². The molecule has 4 saturated carbocycles. The molecule has 1 saturated heterocycles. The minimum atomic E-state index is -1.54. The highest BCUT2D eigenvalue weighted by Gasteiger charge is 2.77. The molecule has 6 N–H and O–H groups in total. The third-order valence-electron chi connectivity index (χ3n) is 13.8. The Bertz CT molecular complexity index is 1100. The van der Waals surface area contributed by atoms with Crippen molar-refractivity contribution in [2.24, 2.45) is 45.8 Å². The molecular weight excluding hydrogens is 524 g/mol. The molecule has 0 aromatic heterocycles. The van der Waals surface area contributed by atoms with Gasteiger partial charge in [0.25, 0.3) is 0 Å². The predicted octanol–water partition coefficient (Wildman–Crippen LogP) is 2.51. The van der Waals surface area contributed by atoms with Gasteiger partial charge in [-0.05, 0) is 66.9 Å². The second-order valence-electron chi connectivity index (χ2n) is 15.8. The standard InChI is InChI=1S/C33H52O8/c1-17(2)18(3)24(37)28-32(39,12-13-34)26-23(41-28)16-33(40)20-14-21(35)25-29(4,19(20)8-11-30(26,33)5)15-22(36)27(38)31(25)9-6-7-10-31/h14,17-19,22-28,34,36-40H,6-13,15-16H2,1-5H3/t18-,19-,22-,23-,24-,25-,26-,27-,28-,29+,30+,32+,33+/m0/s1. The Labute approximate surface area is 244 Å². The molecule has 6 rings (SSSR count). The minimum absolute atomic E-state index is 0.0280. The molecule has 8 nitrogen and oxygen atoms in total. The molecule has 232 valence electrons. The van der Waals surface area contributed by atoms with Crippen molar-refractivity contribution in [1.29, 1.82) is 0 Å². The Morgan fingerprint density at radius 2 is 1.71 bits per heavy atom. The van der Waals surface area contributed by atoms with Crippen LogP contribution in [0, 0.1) is 45.8 Å². The summed E-state index contributed by atoms with van der Waals surface area (Å²) in [6.45, 7) is 9.78. The maximum Gasteiger partial charge on any atom is 0.160 e. The molecule has 13 atom stereocenters. The minimum Gasteiger partial charge on any atom is -0.396 e. The van der Waals surface area contributed by atoms with Crippen LogP contribution in [-0.2, 0) is 9.53 Å². The number of carbonyl (C=O) groups is 1. The molecule has 8 heteroatoms. The average Bonchev–Trinajstić information content (AvgIpc) is 3.54. The van der Waals surface area contributed by atoms with E-state index in [-0.39, 0.29) is 43.0 Å². The molecule has 0 radical (unpaired) electrons. The highest BCUT2D eigenvalue weighted by molar-refractivity contribution is 5.95. The molecule has 1 spiro atoms. The third-order valence-corrected chi connectivity index (χ3v) is 13.8. The largest absolute Gasteiger partial charge is 0.396 e. The van der Waals surface area contributed by atoms with Gasteiger partial charge >= 0.3 is 0 Å². The lowest BCUT2D eigenvalue weighted by atomic mass is 9.41. The van der Waals surface area contributed by atoms with Crippen LogP contribution in [0.15, 0.2) is 11.6 Å². The van der Waals surface area contributed by atoms with Gasteiger partial charge < -0.3 is 35.4 Å². The first-order valence-corrected chi connectivity index (χ1v) is 16.1. The number of rotatable bonds is 5. The van der Waals surface area contributed by atoms with Gasteiger partial charge in [0.15, 0.2) is 5.78 Å². The SMILES string of the molecule is CC(C)[C@H](C)[C@H](O)[C@@H]1O[C@H]2C[C@@]3(O)C4=CC(=O)[C@@H]5C6(CCCC6)[C@@H](O)[C@@H](O)C[C@]5(C)[C@H]4CC[C@]3(C)[C@H]2[C@]1(O)CCO. The smallest absolute Gasteiger partial charge is 0.160 e. The van der Waals surface area contributed by atoms with Crippen molar-refractivity contribution >= 4 is 5.78 Å². The van der Waals surface area contributed by atoms with Crippen molar-refractivity contribution in [3.8, 4) is 0 Å². The normalized spacial score (nSPS) is 51.7. The first kappa shape index (κ1) is 30.2. The summed E-state index contributed by atoms with van der Waals surface area (Å²) in [5.41, 5.74) is -4.36. The first-order chi connectivity index (χ1) is 19.1. The number of allylic oxidation sites excluding steroid dienone is 1. The van der Waals surface area contributed by atoms with E-state index in [0.29, 0.717) is 24.8 Å². The first-order valence-electron chi connectivity index (χ1n) is 16.1. The lowest BCUT2D eigenvalue weighted by Gasteiger charge is -2.64. The van der Waals surface area contributed by atoms with Gasteiger partial charge in [-0.3, -0.25) is 4.79 Å². The van der Waals surface area contributed by atoms with E-state index in [1.165, 1.54) is 0 Å². The maximum atomic E-state index is 14.2. The van der Waals surface area contributed by atoms with E-state index < -0.39 is 69.8 Å². The van der Waals surface area contributed by atoms with Gasteiger partial charge in [0.05, 0.1) is 30.0 Å². The maximum absolute atomic E-state index is 14.2. The summed E-state index contributed by atoms with van der Waals surface area (Å²) in [5.74, 6) is -1.12. The fourth-order valence-corrected chi connectivity index (χ4v) is 11.6. The lowest BCUT2D eigenvalue weighted by Crippen LogP contribution is -2.67. The molecule has 0 aromatic carbocycles. The zero-order chi connectivity index (χ0) is 29.9. The molecule has 0 unspecified atom stereocenters. The summed E-state index contributed by atoms with van der Waals surface area (Å²) in [7, 11) is 0. The molecule has 1 heterocycles. The van der Waals surface area contributed by atoms with Crippen LogP contribution >= 0.6 is 0 Å². The van der Waals surface area contributed by atoms with Gasteiger partial charge in [-0.25, -0.2) is 0 Å². The summed E-state index contributed by atoms with van der Waals surface area (Å²) >= 11 is 0. The van der Waals surface area contributed by atoms with Gasteiger partial charge in [0.1, 0.15) is 11.7 Å². The summed E-state index contributed by atoms with van der Waals surface area (Å²) in [5, 5.41) is 68.9. The van der Waals surface area contributed by atoms with Crippen molar-refractivity contribution in [2.45, 2.75) is 134 Å². The number of ketones is 1. The van der Waals surface area contributed by atoms with Crippen LogP contribution in [0.1, 0.15) is 92.4 Å². The van der Waals surface area contributed by atoms with E-state index in [2.05, 4.69) is 6.92 Å². The average molecular weight is 577 g/mol. The van der Waals surface area contributed by atoms with Gasteiger partial charge in [-0.1, -0.05) is 47.5 Å². The van der Waals surface area contributed by atoms with Crippen molar-refractivity contribution in [3.63, 3.8) is 0 Å². The van der Waals surface area contributed by atoms with Crippen LogP contribution in [0.2, 0.25) is 0 Å². The number of fused-ring (bicyclic) bond motifs is 8. The Morgan fingerprint density at radius 3 is 2.32 bits per heavy atom. The number of hydrogen-bond donors (Lipinski definition) is 6. The van der Waals surface area contributed by atoms with Crippen LogP contribution in [0.4, 0.5) is 0 Å². The highest BCUT2D eigenvalue weighted by atomic mass is 16.5. The number of hydrogen-bond acceptors (Lipinski definition) is 8. The summed E-state index contributed by atoms with van der Waals surface area (Å²) < 4.78 is 6.50. The number of aliphatic hydroxyl groups excluding tert-OH is 4. The molecule has 1 aliphatic heterocycles. The summed E-state index contributed by atoms with van der Waals surface area (Å²) in [6, 6.07) is 0. The van der Waals surface area contributed by atoms with E-state index >= 15 is 0 Å². The monoisotopic (exact) mass is 576 g/mol. The summed E-state index contributed by atoms with van der Waals surface area (Å²) in [6.07, 6.45) is 2.55. The van der Waals surface area contributed by atoms with E-state index in [1.54, 1.807) is 6.08 Å². The molecule has 0 bridgehead atoms. The third kappa shape index (κ3) is 3.68. The van der Waals surface area contributed by atoms with Crippen molar-refractivity contribution in [3.05, 3.63) is 11.6 Å². The second-order valence-corrected chi connectivity index (χ2v) is 15.8. The Kier molecular flexibility index (Phi) is 7.04. The highest BCUT2D eigenvalue weighted by Crippen LogP contribution is 2.73. The Balaban J connectivity index is 1.41. The number of aliphatic hydroxyl groups is 6. The zero-order valence-electron chi connectivity index (χ0n) is 25.4. The molecule has 5 fully saturated rings. The van der Waals surface area contributed by atoms with Crippen LogP contribution < -0.4 is 0 Å². The van der Waals surface area contributed by atoms with E-state index in [9.17, 15) is 35.4 Å². The van der Waals surface area contributed by atoms with Crippen molar-refractivity contribution in [1.82, 2.24) is 0 Å². The van der Waals surface area contributed by atoms with Gasteiger partial charge in [0.2, 0.25) is 0 Å². The number of carbonyl (C=O) groups excluding carboxylic acids is 1. The van der Waals surface area contributed by atoms with Gasteiger partial charge in [-0.15, -0.1) is 0 Å². The molecule has 0 amide bonds. The second kappa shape index (κ2) is 9.56. The van der Waals surface area contributed by atoms with Crippen LogP contribution in [0.3, 0.4) is 0 Å². The summed E-state index contributed by atoms with van der Waals surface area (Å²) in [4.78, 5) is 14.2. The van der Waals surface area contributed by atoms with Crippen LogP contribution in [0.5, 0.6) is 0 Å². The number of ether oxygens (including phenoxy) is 1. The lowest BCUT2D eigenvalue weighted by molar-refractivity contribution is -0.205. The zero-order valence-corrected chi connectivity index (χ0v) is 25.4. The van der Waals surface area contributed by atoms with E-state index in [0.717, 1.165) is 25.7 Å². The molecule has 41 heavy (non-hydrogen) atoms. The quantitative estimate of drug-likeness (QED) is 0.293. The van der Waals surface area contributed by atoms with Crippen molar-refractivity contribution in [2.75, 3.05) is 6.61 Å². The fraction of sp³-hybridized carbons (Fsp3) is 0.909. The molecule has 5 aliphatic carbocycles. The topological polar surface area (TPSA) is 148 Å².